The summed E-state index contributed by atoms with van der Waals surface area (Å²) in [6.07, 6.45) is 2.35. The third-order valence-electron chi connectivity index (χ3n) is 3.66. The van der Waals surface area contributed by atoms with Gasteiger partial charge in [-0.25, -0.2) is 0 Å². The van der Waals surface area contributed by atoms with Crippen LogP contribution in [0.2, 0.25) is 0 Å². The summed E-state index contributed by atoms with van der Waals surface area (Å²) in [6, 6.07) is 0. The van der Waals surface area contributed by atoms with Crippen LogP contribution in [0.5, 0.6) is 0 Å². The molecule has 2 unspecified atom stereocenters. The Morgan fingerprint density at radius 3 is 2.41 bits per heavy atom. The van der Waals surface area contributed by atoms with Gasteiger partial charge in [-0.15, -0.1) is 0 Å². The Morgan fingerprint density at radius 1 is 1.41 bits per heavy atom. The molecular weight excluding hydrogens is 216 g/mol. The molecule has 1 heterocycles. The average Bonchev–Trinajstić information content (AvgIpc) is 2.42. The van der Waals surface area contributed by atoms with E-state index in [0.29, 0.717) is 12.2 Å². The van der Waals surface area contributed by atoms with Gasteiger partial charge in [0.05, 0.1) is 17.3 Å². The zero-order valence-corrected chi connectivity index (χ0v) is 12.0. The Bertz CT molecular complexity index is 281. The van der Waals surface area contributed by atoms with E-state index in [1.807, 2.05) is 20.8 Å². The lowest BCUT2D eigenvalue weighted by atomic mass is 9.82. The molecule has 1 rings (SSSR count). The summed E-state index contributed by atoms with van der Waals surface area (Å²) in [5.74, 6) is 0.325. The van der Waals surface area contributed by atoms with Gasteiger partial charge in [0, 0.05) is 19.4 Å². The highest BCUT2D eigenvalue weighted by Crippen LogP contribution is 2.42. The Labute approximate surface area is 105 Å². The monoisotopic (exact) mass is 242 g/mol. The summed E-state index contributed by atoms with van der Waals surface area (Å²) in [6.45, 7) is 10.1. The molecule has 0 aromatic rings. The van der Waals surface area contributed by atoms with Crippen molar-refractivity contribution in [3.63, 3.8) is 0 Å². The van der Waals surface area contributed by atoms with E-state index in [1.54, 1.807) is 7.11 Å². The molecule has 3 nitrogen and oxygen atoms in total. The standard InChI is InChI=1S/C14H26O3/c1-10(16-6)7-8-12(15)11-9-13(2,3)17-14(11,4)5/h10-11H,7-9H2,1-6H3. The Morgan fingerprint density at radius 2 is 2.00 bits per heavy atom. The quantitative estimate of drug-likeness (QED) is 0.743. The van der Waals surface area contributed by atoms with Crippen LogP contribution in [-0.4, -0.2) is 30.2 Å². The first kappa shape index (κ1) is 14.7. The van der Waals surface area contributed by atoms with E-state index in [-0.39, 0.29) is 23.2 Å². The Kier molecular flexibility index (Phi) is 4.37. The maximum atomic E-state index is 12.2. The maximum absolute atomic E-state index is 12.2. The second kappa shape index (κ2) is 5.07. The maximum Gasteiger partial charge on any atom is 0.139 e. The Balaban J connectivity index is 2.58. The molecule has 0 bridgehead atoms. The molecule has 0 aromatic heterocycles. The van der Waals surface area contributed by atoms with E-state index in [0.717, 1.165) is 12.8 Å². The highest BCUT2D eigenvalue weighted by Gasteiger charge is 2.48. The molecule has 0 aliphatic carbocycles. The summed E-state index contributed by atoms with van der Waals surface area (Å²) in [5.41, 5.74) is -0.520. The van der Waals surface area contributed by atoms with Crippen molar-refractivity contribution in [3.8, 4) is 0 Å². The fourth-order valence-electron chi connectivity index (χ4n) is 2.70. The highest BCUT2D eigenvalue weighted by atomic mass is 16.5. The summed E-state index contributed by atoms with van der Waals surface area (Å²) in [4.78, 5) is 12.2. The molecule has 0 spiro atoms. The fourth-order valence-corrected chi connectivity index (χ4v) is 2.70. The zero-order chi connectivity index (χ0) is 13.3. The Hall–Kier alpha value is -0.410. The van der Waals surface area contributed by atoms with Crippen LogP contribution in [0.15, 0.2) is 0 Å². The number of methoxy groups -OCH3 is 1. The van der Waals surface area contributed by atoms with E-state index in [4.69, 9.17) is 9.47 Å². The number of hydrogen-bond acceptors (Lipinski definition) is 3. The minimum Gasteiger partial charge on any atom is -0.382 e. The van der Waals surface area contributed by atoms with Crippen molar-refractivity contribution in [3.05, 3.63) is 0 Å². The minimum absolute atomic E-state index is 0.0153. The molecule has 1 aliphatic rings. The van der Waals surface area contributed by atoms with Crippen LogP contribution in [0.3, 0.4) is 0 Å². The first-order valence-corrected chi connectivity index (χ1v) is 6.43. The predicted molar refractivity (Wildman–Crippen MR) is 68.1 cm³/mol. The van der Waals surface area contributed by atoms with Crippen molar-refractivity contribution in [2.75, 3.05) is 7.11 Å². The number of Topliss-reactive ketones (excluding diaryl/α,β-unsaturated/α-hetero) is 1. The third kappa shape index (κ3) is 3.78. The topological polar surface area (TPSA) is 35.5 Å². The minimum atomic E-state index is -0.336. The van der Waals surface area contributed by atoms with E-state index >= 15 is 0 Å². The molecule has 17 heavy (non-hydrogen) atoms. The number of rotatable bonds is 5. The summed E-state index contributed by atoms with van der Waals surface area (Å²) in [7, 11) is 1.68. The second-order valence-corrected chi connectivity index (χ2v) is 6.27. The molecular formula is C14H26O3. The van der Waals surface area contributed by atoms with Crippen LogP contribution in [0, 0.1) is 5.92 Å². The molecule has 0 N–H and O–H groups in total. The molecule has 0 aromatic carbocycles. The van der Waals surface area contributed by atoms with Gasteiger partial charge >= 0.3 is 0 Å². The molecule has 0 amide bonds. The van der Waals surface area contributed by atoms with E-state index < -0.39 is 0 Å². The highest BCUT2D eigenvalue weighted by molar-refractivity contribution is 5.82. The number of ether oxygens (including phenoxy) is 2. The molecule has 1 saturated heterocycles. The van der Waals surface area contributed by atoms with Crippen molar-refractivity contribution in [2.24, 2.45) is 5.92 Å². The van der Waals surface area contributed by atoms with Gasteiger partial charge in [0.25, 0.3) is 0 Å². The van der Waals surface area contributed by atoms with Gasteiger partial charge in [-0.1, -0.05) is 0 Å². The van der Waals surface area contributed by atoms with E-state index in [9.17, 15) is 4.79 Å². The predicted octanol–water partition coefficient (Wildman–Crippen LogP) is 2.96. The molecule has 1 aliphatic heterocycles. The lowest BCUT2D eigenvalue weighted by Crippen LogP contribution is -2.34. The van der Waals surface area contributed by atoms with Gasteiger partial charge in [-0.2, -0.15) is 0 Å². The van der Waals surface area contributed by atoms with Crippen LogP contribution >= 0.6 is 0 Å². The van der Waals surface area contributed by atoms with Crippen LogP contribution in [0.4, 0.5) is 0 Å². The van der Waals surface area contributed by atoms with Crippen molar-refractivity contribution in [1.82, 2.24) is 0 Å². The lowest BCUT2D eigenvalue weighted by Gasteiger charge is -2.26. The van der Waals surface area contributed by atoms with Gasteiger partial charge < -0.3 is 9.47 Å². The third-order valence-corrected chi connectivity index (χ3v) is 3.66. The first-order valence-electron chi connectivity index (χ1n) is 6.43. The smallest absolute Gasteiger partial charge is 0.139 e. The zero-order valence-electron chi connectivity index (χ0n) is 12.0. The van der Waals surface area contributed by atoms with Gasteiger partial charge in [0.2, 0.25) is 0 Å². The van der Waals surface area contributed by atoms with Crippen molar-refractivity contribution < 1.29 is 14.3 Å². The molecule has 2 atom stereocenters. The molecule has 3 heteroatoms. The number of carbonyl (C=O) groups is 1. The molecule has 0 saturated carbocycles. The molecule has 0 radical (unpaired) electrons. The molecule has 1 fully saturated rings. The lowest BCUT2D eigenvalue weighted by molar-refractivity contribution is -0.130. The number of hydrogen-bond donors (Lipinski definition) is 0. The number of carbonyl (C=O) groups excluding carboxylic acids is 1. The fraction of sp³-hybridized carbons (Fsp3) is 0.929. The number of ketones is 1. The van der Waals surface area contributed by atoms with E-state index in [1.165, 1.54) is 0 Å². The SMILES string of the molecule is COC(C)CCC(=O)C1CC(C)(C)OC1(C)C. The van der Waals surface area contributed by atoms with Gasteiger partial charge in [0.1, 0.15) is 5.78 Å². The average molecular weight is 242 g/mol. The first-order chi connectivity index (χ1) is 7.68. The van der Waals surface area contributed by atoms with Crippen LogP contribution in [0.1, 0.15) is 53.9 Å². The van der Waals surface area contributed by atoms with Crippen LogP contribution < -0.4 is 0 Å². The van der Waals surface area contributed by atoms with Crippen molar-refractivity contribution in [1.29, 1.82) is 0 Å². The van der Waals surface area contributed by atoms with Crippen molar-refractivity contribution >= 4 is 5.78 Å². The summed E-state index contributed by atoms with van der Waals surface area (Å²) in [5, 5.41) is 0. The van der Waals surface area contributed by atoms with Gasteiger partial charge in [0.15, 0.2) is 0 Å². The summed E-state index contributed by atoms with van der Waals surface area (Å²) < 4.78 is 11.1. The van der Waals surface area contributed by atoms with Crippen molar-refractivity contribution in [2.45, 2.75) is 71.2 Å². The molecule has 100 valence electrons. The second-order valence-electron chi connectivity index (χ2n) is 6.27. The normalized spacial score (nSPS) is 28.0. The van der Waals surface area contributed by atoms with E-state index in [2.05, 4.69) is 13.8 Å². The summed E-state index contributed by atoms with van der Waals surface area (Å²) >= 11 is 0. The van der Waals surface area contributed by atoms with Gasteiger partial charge in [-0.05, 0) is 47.5 Å². The van der Waals surface area contributed by atoms with Gasteiger partial charge in [-0.3, -0.25) is 4.79 Å². The van der Waals surface area contributed by atoms with Crippen LogP contribution in [-0.2, 0) is 14.3 Å². The largest absolute Gasteiger partial charge is 0.382 e. The van der Waals surface area contributed by atoms with Crippen LogP contribution in [0.25, 0.3) is 0 Å².